The molecule has 0 bridgehead atoms. The molecule has 1 aliphatic rings. The van der Waals surface area contributed by atoms with Crippen LogP contribution in [-0.2, 0) is 15.1 Å². The smallest absolute Gasteiger partial charge is 0.234 e. The summed E-state index contributed by atoms with van der Waals surface area (Å²) in [6, 6.07) is 6.01. The maximum atomic E-state index is 13.0. The molecule has 1 saturated heterocycles. The molecule has 5 nitrogen and oxygen atoms in total. The summed E-state index contributed by atoms with van der Waals surface area (Å²) in [4.78, 5) is 14.0. The molecule has 0 aromatic heterocycles. The Kier molecular flexibility index (Phi) is 7.15. The van der Waals surface area contributed by atoms with E-state index in [0.29, 0.717) is 52.2 Å². The van der Waals surface area contributed by atoms with Gasteiger partial charge in [-0.25, -0.2) is 4.39 Å². The molecular formula is C18H27FN2O3. The van der Waals surface area contributed by atoms with E-state index in [1.807, 2.05) is 11.8 Å². The molecule has 1 aromatic rings. The second-order valence-electron chi connectivity index (χ2n) is 6.22. The Balaban J connectivity index is 1.72. The number of hydrogen-bond donors (Lipinski definition) is 2. The first-order valence-corrected chi connectivity index (χ1v) is 8.59. The van der Waals surface area contributed by atoms with Crippen molar-refractivity contribution in [2.75, 3.05) is 39.4 Å². The SMILES string of the molecule is CCOCCCNC(=O)CN1CCC(O)(c2ccc(F)cc2)CC1. The quantitative estimate of drug-likeness (QED) is 0.708. The van der Waals surface area contributed by atoms with Crippen LogP contribution in [0.15, 0.2) is 24.3 Å². The van der Waals surface area contributed by atoms with E-state index in [2.05, 4.69) is 5.32 Å². The van der Waals surface area contributed by atoms with Gasteiger partial charge in [-0.2, -0.15) is 0 Å². The molecule has 0 unspecified atom stereocenters. The first-order valence-electron chi connectivity index (χ1n) is 8.59. The molecule has 24 heavy (non-hydrogen) atoms. The van der Waals surface area contributed by atoms with Crippen LogP contribution in [0.25, 0.3) is 0 Å². The average Bonchev–Trinajstić information content (AvgIpc) is 2.57. The zero-order valence-electron chi connectivity index (χ0n) is 14.3. The van der Waals surface area contributed by atoms with Gasteiger partial charge in [-0.05, 0) is 43.9 Å². The van der Waals surface area contributed by atoms with E-state index in [9.17, 15) is 14.3 Å². The minimum atomic E-state index is -0.932. The molecule has 1 fully saturated rings. The Morgan fingerprint density at radius 3 is 2.62 bits per heavy atom. The molecule has 0 radical (unpaired) electrons. The minimum absolute atomic E-state index is 0.00118. The van der Waals surface area contributed by atoms with Crippen LogP contribution in [0.1, 0.15) is 31.7 Å². The minimum Gasteiger partial charge on any atom is -0.385 e. The third-order valence-electron chi connectivity index (χ3n) is 4.42. The average molecular weight is 338 g/mol. The number of aliphatic hydroxyl groups is 1. The van der Waals surface area contributed by atoms with Crippen molar-refractivity contribution in [2.45, 2.75) is 31.8 Å². The van der Waals surface area contributed by atoms with Crippen molar-refractivity contribution >= 4 is 5.91 Å². The van der Waals surface area contributed by atoms with Crippen molar-refractivity contribution in [3.8, 4) is 0 Å². The van der Waals surface area contributed by atoms with Crippen molar-refractivity contribution in [1.82, 2.24) is 10.2 Å². The summed E-state index contributed by atoms with van der Waals surface area (Å²) in [6.07, 6.45) is 1.89. The number of amides is 1. The molecule has 134 valence electrons. The fraction of sp³-hybridized carbons (Fsp3) is 0.611. The van der Waals surface area contributed by atoms with Crippen LogP contribution in [0.4, 0.5) is 4.39 Å². The number of hydrogen-bond acceptors (Lipinski definition) is 4. The first kappa shape index (κ1) is 18.8. The molecule has 1 heterocycles. The lowest BCUT2D eigenvalue weighted by Gasteiger charge is -2.38. The van der Waals surface area contributed by atoms with Crippen LogP contribution >= 0.6 is 0 Å². The lowest BCUT2D eigenvalue weighted by Crippen LogP contribution is -2.46. The Bertz CT molecular complexity index is 514. The summed E-state index contributed by atoms with van der Waals surface area (Å²) >= 11 is 0. The molecule has 0 saturated carbocycles. The number of rotatable bonds is 8. The highest BCUT2D eigenvalue weighted by Crippen LogP contribution is 2.32. The van der Waals surface area contributed by atoms with Crippen LogP contribution < -0.4 is 5.32 Å². The monoisotopic (exact) mass is 338 g/mol. The zero-order valence-corrected chi connectivity index (χ0v) is 14.3. The highest BCUT2D eigenvalue weighted by Gasteiger charge is 2.34. The number of piperidine rings is 1. The highest BCUT2D eigenvalue weighted by atomic mass is 19.1. The molecule has 1 aromatic carbocycles. The van der Waals surface area contributed by atoms with Crippen molar-refractivity contribution in [3.05, 3.63) is 35.6 Å². The van der Waals surface area contributed by atoms with E-state index in [0.717, 1.165) is 12.0 Å². The van der Waals surface area contributed by atoms with E-state index >= 15 is 0 Å². The maximum Gasteiger partial charge on any atom is 0.234 e. The van der Waals surface area contributed by atoms with Gasteiger partial charge in [0.2, 0.25) is 5.91 Å². The van der Waals surface area contributed by atoms with Gasteiger partial charge >= 0.3 is 0 Å². The summed E-state index contributed by atoms with van der Waals surface area (Å²) in [5.74, 6) is -0.306. The predicted molar refractivity (Wildman–Crippen MR) is 90.1 cm³/mol. The van der Waals surface area contributed by atoms with E-state index in [-0.39, 0.29) is 11.7 Å². The topological polar surface area (TPSA) is 61.8 Å². The van der Waals surface area contributed by atoms with Crippen molar-refractivity contribution in [1.29, 1.82) is 0 Å². The van der Waals surface area contributed by atoms with Crippen LogP contribution in [-0.4, -0.2) is 55.3 Å². The van der Waals surface area contributed by atoms with Gasteiger partial charge in [0.1, 0.15) is 5.82 Å². The molecule has 6 heteroatoms. The van der Waals surface area contributed by atoms with Crippen LogP contribution in [0.5, 0.6) is 0 Å². The van der Waals surface area contributed by atoms with E-state index in [4.69, 9.17) is 4.74 Å². The predicted octanol–water partition coefficient (Wildman–Crippen LogP) is 1.65. The number of nitrogens with one attached hydrogen (secondary N) is 1. The standard InChI is InChI=1S/C18H27FN2O3/c1-2-24-13-3-10-20-17(22)14-21-11-8-18(23,9-12-21)15-4-6-16(19)7-5-15/h4-7,23H,2-3,8-14H2,1H3,(H,20,22). The highest BCUT2D eigenvalue weighted by molar-refractivity contribution is 5.77. The Labute approximate surface area is 142 Å². The summed E-state index contributed by atoms with van der Waals surface area (Å²) in [6.45, 7) is 5.53. The van der Waals surface area contributed by atoms with Gasteiger partial charge in [-0.3, -0.25) is 9.69 Å². The van der Waals surface area contributed by atoms with E-state index in [1.54, 1.807) is 12.1 Å². The number of halogens is 1. The maximum absolute atomic E-state index is 13.0. The van der Waals surface area contributed by atoms with Gasteiger partial charge in [-0.1, -0.05) is 12.1 Å². The number of benzene rings is 1. The van der Waals surface area contributed by atoms with Crippen molar-refractivity contribution in [3.63, 3.8) is 0 Å². The largest absolute Gasteiger partial charge is 0.385 e. The van der Waals surface area contributed by atoms with E-state index < -0.39 is 5.60 Å². The molecule has 2 rings (SSSR count). The third-order valence-corrected chi connectivity index (χ3v) is 4.42. The molecule has 1 amide bonds. The summed E-state index contributed by atoms with van der Waals surface area (Å²) in [5.41, 5.74) is -0.193. The Morgan fingerprint density at radius 1 is 1.33 bits per heavy atom. The number of likely N-dealkylation sites (tertiary alicyclic amines) is 1. The fourth-order valence-electron chi connectivity index (χ4n) is 2.94. The van der Waals surface area contributed by atoms with Crippen LogP contribution in [0.3, 0.4) is 0 Å². The van der Waals surface area contributed by atoms with Gasteiger partial charge in [-0.15, -0.1) is 0 Å². The first-order chi connectivity index (χ1) is 11.5. The normalized spacial score (nSPS) is 17.6. The molecule has 2 N–H and O–H groups in total. The molecule has 1 aliphatic heterocycles. The Hall–Kier alpha value is -1.50. The van der Waals surface area contributed by atoms with Gasteiger partial charge in [0.05, 0.1) is 12.1 Å². The summed E-state index contributed by atoms with van der Waals surface area (Å²) in [5, 5.41) is 13.6. The van der Waals surface area contributed by atoms with Crippen LogP contribution in [0.2, 0.25) is 0 Å². The van der Waals surface area contributed by atoms with Crippen molar-refractivity contribution in [2.24, 2.45) is 0 Å². The van der Waals surface area contributed by atoms with Gasteiger partial charge < -0.3 is 15.2 Å². The number of carbonyl (C=O) groups is 1. The number of carbonyl (C=O) groups excluding carboxylic acids is 1. The van der Waals surface area contributed by atoms with E-state index in [1.165, 1.54) is 12.1 Å². The second kappa shape index (κ2) is 9.11. The molecular weight excluding hydrogens is 311 g/mol. The summed E-state index contributed by atoms with van der Waals surface area (Å²) < 4.78 is 18.2. The van der Waals surface area contributed by atoms with Crippen LogP contribution in [0, 0.1) is 5.82 Å². The van der Waals surface area contributed by atoms with Gasteiger partial charge in [0, 0.05) is 32.8 Å². The third kappa shape index (κ3) is 5.54. The second-order valence-corrected chi connectivity index (χ2v) is 6.22. The Morgan fingerprint density at radius 2 is 2.00 bits per heavy atom. The van der Waals surface area contributed by atoms with Crippen molar-refractivity contribution < 1.29 is 19.0 Å². The number of nitrogens with zero attached hydrogens (tertiary/aromatic N) is 1. The fourth-order valence-corrected chi connectivity index (χ4v) is 2.94. The lowest BCUT2D eigenvalue weighted by molar-refractivity contribution is -0.123. The lowest BCUT2D eigenvalue weighted by atomic mass is 9.84. The van der Waals surface area contributed by atoms with Gasteiger partial charge in [0.15, 0.2) is 0 Å². The summed E-state index contributed by atoms with van der Waals surface area (Å²) in [7, 11) is 0. The zero-order chi connectivity index (χ0) is 17.4. The molecule has 0 spiro atoms. The molecule has 0 atom stereocenters. The molecule has 0 aliphatic carbocycles. The number of ether oxygens (including phenoxy) is 1. The van der Waals surface area contributed by atoms with Gasteiger partial charge in [0.25, 0.3) is 0 Å².